The average Bonchev–Trinajstić information content (AvgIpc) is 2.59. The van der Waals surface area contributed by atoms with Crippen LogP contribution in [0.4, 0.5) is 0 Å². The minimum absolute atomic E-state index is 0.0257. The molecule has 146 valence electrons. The molecule has 6 heteroatoms. The zero-order chi connectivity index (χ0) is 19.3. The number of sulfonamides is 1. The maximum atomic E-state index is 12.9. The quantitative estimate of drug-likeness (QED) is 0.730. The van der Waals surface area contributed by atoms with Crippen molar-refractivity contribution in [3.05, 3.63) is 35.9 Å². The first-order valence-electron chi connectivity index (χ1n) is 9.53. The van der Waals surface area contributed by atoms with E-state index in [1.165, 1.54) is 0 Å². The van der Waals surface area contributed by atoms with E-state index in [0.29, 0.717) is 31.8 Å². The van der Waals surface area contributed by atoms with Gasteiger partial charge in [-0.15, -0.1) is 0 Å². The summed E-state index contributed by atoms with van der Waals surface area (Å²) in [6, 6.07) is 9.42. The average molecular weight is 381 g/mol. The number of carbonyl (C=O) groups excluding carboxylic acids is 1. The number of amides is 1. The molecule has 0 bridgehead atoms. The SMILES string of the molecule is CC(C)CN(C(=O)C1CCN(S(=O)(=O)Cc2ccccc2)CC1)C(C)C. The van der Waals surface area contributed by atoms with E-state index in [4.69, 9.17) is 0 Å². The first kappa shape index (κ1) is 20.9. The Kier molecular flexibility index (Phi) is 7.24. The summed E-state index contributed by atoms with van der Waals surface area (Å²) in [5.41, 5.74) is 0.800. The first-order valence-corrected chi connectivity index (χ1v) is 11.1. The number of benzene rings is 1. The van der Waals surface area contributed by atoms with Gasteiger partial charge < -0.3 is 4.90 Å². The molecule has 1 aromatic rings. The highest BCUT2D eigenvalue weighted by atomic mass is 32.2. The van der Waals surface area contributed by atoms with Crippen molar-refractivity contribution in [3.63, 3.8) is 0 Å². The van der Waals surface area contributed by atoms with E-state index in [9.17, 15) is 13.2 Å². The minimum Gasteiger partial charge on any atom is -0.340 e. The van der Waals surface area contributed by atoms with Crippen LogP contribution in [-0.2, 0) is 20.6 Å². The van der Waals surface area contributed by atoms with E-state index in [1.54, 1.807) is 4.31 Å². The Hall–Kier alpha value is -1.40. The van der Waals surface area contributed by atoms with Crippen LogP contribution in [0.1, 0.15) is 46.1 Å². The summed E-state index contributed by atoms with van der Waals surface area (Å²) in [5, 5.41) is 0. The lowest BCUT2D eigenvalue weighted by atomic mass is 9.95. The van der Waals surface area contributed by atoms with Crippen LogP contribution < -0.4 is 0 Å². The molecule has 1 aliphatic rings. The van der Waals surface area contributed by atoms with Gasteiger partial charge in [0.05, 0.1) is 5.75 Å². The molecule has 1 aliphatic heterocycles. The Bertz CT molecular complexity index is 678. The van der Waals surface area contributed by atoms with Gasteiger partial charge >= 0.3 is 0 Å². The summed E-state index contributed by atoms with van der Waals surface area (Å²) >= 11 is 0. The molecule has 0 spiro atoms. The molecule has 0 unspecified atom stereocenters. The number of rotatable bonds is 7. The van der Waals surface area contributed by atoms with Gasteiger partial charge in [0.2, 0.25) is 15.9 Å². The predicted octanol–water partition coefficient (Wildman–Crippen LogP) is 3.12. The van der Waals surface area contributed by atoms with Crippen LogP contribution in [0.15, 0.2) is 30.3 Å². The number of hydrogen-bond donors (Lipinski definition) is 0. The smallest absolute Gasteiger partial charge is 0.226 e. The summed E-state index contributed by atoms with van der Waals surface area (Å²) in [6.07, 6.45) is 1.21. The van der Waals surface area contributed by atoms with Gasteiger partial charge in [0.25, 0.3) is 0 Å². The fraction of sp³-hybridized carbons (Fsp3) is 0.650. The van der Waals surface area contributed by atoms with Gasteiger partial charge in [-0.3, -0.25) is 4.79 Å². The van der Waals surface area contributed by atoms with Crippen molar-refractivity contribution in [1.29, 1.82) is 0 Å². The van der Waals surface area contributed by atoms with Crippen LogP contribution in [-0.4, -0.2) is 49.2 Å². The lowest BCUT2D eigenvalue weighted by molar-refractivity contribution is -0.139. The Morgan fingerprint density at radius 2 is 1.69 bits per heavy atom. The van der Waals surface area contributed by atoms with Crippen molar-refractivity contribution >= 4 is 15.9 Å². The highest BCUT2D eigenvalue weighted by Crippen LogP contribution is 2.24. The molecular formula is C20H32N2O3S. The number of piperidine rings is 1. The van der Waals surface area contributed by atoms with Crippen molar-refractivity contribution in [2.24, 2.45) is 11.8 Å². The summed E-state index contributed by atoms with van der Waals surface area (Å²) in [7, 11) is -3.33. The van der Waals surface area contributed by atoms with Crippen LogP contribution in [0.25, 0.3) is 0 Å². The number of nitrogens with zero attached hydrogens (tertiary/aromatic N) is 2. The molecule has 1 fully saturated rings. The van der Waals surface area contributed by atoms with E-state index in [0.717, 1.165) is 12.1 Å². The molecule has 0 saturated carbocycles. The Morgan fingerprint density at radius 3 is 2.19 bits per heavy atom. The normalized spacial score (nSPS) is 17.0. The van der Waals surface area contributed by atoms with E-state index < -0.39 is 10.0 Å². The summed E-state index contributed by atoms with van der Waals surface area (Å²) in [4.78, 5) is 14.8. The molecule has 0 atom stereocenters. The molecule has 1 saturated heterocycles. The third-order valence-corrected chi connectivity index (χ3v) is 6.71. The maximum absolute atomic E-state index is 12.9. The van der Waals surface area contributed by atoms with Crippen LogP contribution in [0.2, 0.25) is 0 Å². The lowest BCUT2D eigenvalue weighted by Gasteiger charge is -2.36. The van der Waals surface area contributed by atoms with Gasteiger partial charge in [-0.25, -0.2) is 12.7 Å². The third-order valence-electron chi connectivity index (χ3n) is 4.86. The van der Waals surface area contributed by atoms with Gasteiger partial charge in [-0.05, 0) is 38.2 Å². The fourth-order valence-corrected chi connectivity index (χ4v) is 5.00. The molecule has 0 N–H and O–H groups in total. The third kappa shape index (κ3) is 5.55. The van der Waals surface area contributed by atoms with Gasteiger partial charge in [-0.2, -0.15) is 0 Å². The molecule has 5 nitrogen and oxygen atoms in total. The van der Waals surface area contributed by atoms with Crippen LogP contribution in [0.3, 0.4) is 0 Å². The topological polar surface area (TPSA) is 57.7 Å². The van der Waals surface area contributed by atoms with Gasteiger partial charge in [-0.1, -0.05) is 44.2 Å². The first-order chi connectivity index (χ1) is 12.2. The Balaban J connectivity index is 1.96. The van der Waals surface area contributed by atoms with Crippen molar-refractivity contribution in [2.75, 3.05) is 19.6 Å². The fourth-order valence-electron chi connectivity index (χ4n) is 3.44. The highest BCUT2D eigenvalue weighted by molar-refractivity contribution is 7.88. The second-order valence-corrected chi connectivity index (χ2v) is 9.86. The van der Waals surface area contributed by atoms with Crippen molar-refractivity contribution in [1.82, 2.24) is 9.21 Å². The number of hydrogen-bond acceptors (Lipinski definition) is 3. The molecule has 26 heavy (non-hydrogen) atoms. The highest BCUT2D eigenvalue weighted by Gasteiger charge is 2.33. The Labute approximate surface area is 158 Å². The predicted molar refractivity (Wildman–Crippen MR) is 105 cm³/mol. The van der Waals surface area contributed by atoms with Crippen molar-refractivity contribution in [3.8, 4) is 0 Å². The van der Waals surface area contributed by atoms with E-state index in [-0.39, 0.29) is 23.6 Å². The second kappa shape index (κ2) is 9.00. The summed E-state index contributed by atoms with van der Waals surface area (Å²) in [6.45, 7) is 9.92. The van der Waals surface area contributed by atoms with Crippen LogP contribution in [0.5, 0.6) is 0 Å². The van der Waals surface area contributed by atoms with Crippen molar-refractivity contribution in [2.45, 2.75) is 52.3 Å². The van der Waals surface area contributed by atoms with E-state index in [1.807, 2.05) is 49.1 Å². The van der Waals surface area contributed by atoms with E-state index in [2.05, 4.69) is 13.8 Å². The summed E-state index contributed by atoms with van der Waals surface area (Å²) in [5.74, 6) is 0.554. The van der Waals surface area contributed by atoms with Crippen molar-refractivity contribution < 1.29 is 13.2 Å². The molecular weight excluding hydrogens is 348 g/mol. The van der Waals surface area contributed by atoms with Gasteiger partial charge in [0.1, 0.15) is 0 Å². The van der Waals surface area contributed by atoms with E-state index >= 15 is 0 Å². The molecule has 0 aliphatic carbocycles. The zero-order valence-corrected chi connectivity index (χ0v) is 17.2. The Morgan fingerprint density at radius 1 is 1.12 bits per heavy atom. The second-order valence-electron chi connectivity index (χ2n) is 7.89. The molecule has 2 rings (SSSR count). The van der Waals surface area contributed by atoms with Gasteiger partial charge in [0.15, 0.2) is 0 Å². The lowest BCUT2D eigenvalue weighted by Crippen LogP contribution is -2.47. The van der Waals surface area contributed by atoms with Crippen LogP contribution >= 0.6 is 0 Å². The molecule has 0 aromatic heterocycles. The number of carbonyl (C=O) groups is 1. The van der Waals surface area contributed by atoms with Crippen LogP contribution in [0, 0.1) is 11.8 Å². The van der Waals surface area contributed by atoms with Gasteiger partial charge in [0, 0.05) is 31.6 Å². The summed E-state index contributed by atoms with van der Waals surface area (Å²) < 4.78 is 26.8. The maximum Gasteiger partial charge on any atom is 0.226 e. The molecule has 1 heterocycles. The largest absolute Gasteiger partial charge is 0.340 e. The minimum atomic E-state index is -3.33. The standard InChI is InChI=1S/C20H32N2O3S/c1-16(2)14-22(17(3)4)20(23)19-10-12-21(13-11-19)26(24,25)15-18-8-6-5-7-9-18/h5-9,16-17,19H,10-15H2,1-4H3. The molecule has 1 aromatic carbocycles. The molecule has 1 amide bonds. The molecule has 0 radical (unpaired) electrons. The monoisotopic (exact) mass is 380 g/mol. The zero-order valence-electron chi connectivity index (χ0n) is 16.4.